The summed E-state index contributed by atoms with van der Waals surface area (Å²) in [5.74, 6) is -0.373. The van der Waals surface area contributed by atoms with Crippen LogP contribution >= 0.6 is 0 Å². The number of imidazole rings is 1. The van der Waals surface area contributed by atoms with Crippen LogP contribution in [0.1, 0.15) is 11.1 Å². The molecule has 2 aromatic carbocycles. The molecule has 0 fully saturated rings. The Kier molecular flexibility index (Phi) is 3.24. The van der Waals surface area contributed by atoms with Crippen LogP contribution in [0, 0.1) is 0 Å². The summed E-state index contributed by atoms with van der Waals surface area (Å²) in [7, 11) is 1.36. The van der Waals surface area contributed by atoms with Crippen LogP contribution in [-0.2, 0) is 13.5 Å². The third-order valence-electron chi connectivity index (χ3n) is 5.22. The van der Waals surface area contributed by atoms with E-state index in [0.29, 0.717) is 11.0 Å². The molecule has 1 N–H and O–H groups in total. The summed E-state index contributed by atoms with van der Waals surface area (Å²) in [5, 5.41) is 10.9. The lowest BCUT2D eigenvalue weighted by molar-refractivity contribution is 0.472. The maximum Gasteiger partial charge on any atom is 0.337 e. The highest BCUT2D eigenvalue weighted by Gasteiger charge is 2.25. The maximum atomic E-state index is 13.3. The normalized spacial score (nSPS) is 11.8. The molecule has 0 radical (unpaired) electrons. The fraction of sp³-hybridized carbons (Fsp3) is 0.0952. The van der Waals surface area contributed by atoms with Crippen molar-refractivity contribution in [3.05, 3.63) is 96.9 Å². The number of fused-ring (bicyclic) bond motifs is 3. The Balaban J connectivity index is 2.07. The minimum Gasteiger partial charge on any atom is -0.506 e. The monoisotopic (exact) mass is 373 g/mol. The number of aromatic hydroxyl groups is 1. The van der Waals surface area contributed by atoms with Gasteiger partial charge < -0.3 is 5.11 Å². The van der Waals surface area contributed by atoms with Gasteiger partial charge in [0.05, 0.1) is 16.6 Å². The van der Waals surface area contributed by atoms with Crippen LogP contribution in [0.2, 0.25) is 0 Å². The lowest BCUT2D eigenvalue weighted by Crippen LogP contribution is -2.36. The summed E-state index contributed by atoms with van der Waals surface area (Å²) in [5.41, 5.74) is 0.427. The molecule has 138 valence electrons. The Morgan fingerprint density at radius 2 is 1.43 bits per heavy atom. The van der Waals surface area contributed by atoms with Crippen molar-refractivity contribution in [1.82, 2.24) is 13.4 Å². The predicted octanol–water partition coefficient (Wildman–Crippen LogP) is 1.50. The van der Waals surface area contributed by atoms with E-state index in [9.17, 15) is 19.5 Å². The molecule has 0 amide bonds. The zero-order valence-corrected chi connectivity index (χ0v) is 14.9. The first kappa shape index (κ1) is 16.3. The molecule has 0 saturated carbocycles. The van der Waals surface area contributed by atoms with Gasteiger partial charge in [-0.2, -0.15) is 0 Å². The van der Waals surface area contributed by atoms with Gasteiger partial charge in [0.15, 0.2) is 0 Å². The minimum absolute atomic E-state index is 0.0381. The molecular weight excluding hydrogens is 358 g/mol. The van der Waals surface area contributed by atoms with Crippen molar-refractivity contribution in [2.75, 3.05) is 0 Å². The number of nitrogens with zero attached hydrogens (tertiary/aromatic N) is 3. The summed E-state index contributed by atoms with van der Waals surface area (Å²) in [6.07, 6.45) is 0.173. The second kappa shape index (κ2) is 5.56. The second-order valence-corrected chi connectivity index (χ2v) is 6.80. The fourth-order valence-corrected chi connectivity index (χ4v) is 3.85. The fourth-order valence-electron chi connectivity index (χ4n) is 3.85. The molecule has 0 spiro atoms. The SMILES string of the molecule is Cn1c(=O)c2c(O)c(Cc3ccccc3)c(=O)n3c4ccccc4n(c1=O)c23. The maximum absolute atomic E-state index is 13.3. The molecule has 3 aromatic heterocycles. The topological polar surface area (TPSA) is 85.2 Å². The van der Waals surface area contributed by atoms with E-state index in [1.165, 1.54) is 15.8 Å². The third kappa shape index (κ3) is 1.95. The molecule has 28 heavy (non-hydrogen) atoms. The van der Waals surface area contributed by atoms with Gasteiger partial charge in [0, 0.05) is 13.5 Å². The van der Waals surface area contributed by atoms with Gasteiger partial charge in [-0.25, -0.2) is 9.20 Å². The lowest BCUT2D eigenvalue weighted by atomic mass is 10.0. The highest BCUT2D eigenvalue weighted by molar-refractivity contribution is 5.92. The van der Waals surface area contributed by atoms with Gasteiger partial charge in [-0.15, -0.1) is 0 Å². The standard InChI is InChI=1S/C21H15N3O4/c1-22-20(27)16-17(25)13(11-12-7-3-2-4-8-12)19(26)23-14-9-5-6-10-15(14)24(18(16)23)21(22)28/h2-10,25H,11H2,1H3. The predicted molar refractivity (Wildman–Crippen MR) is 106 cm³/mol. The number of para-hydroxylation sites is 2. The molecule has 0 aliphatic rings. The Hall–Kier alpha value is -3.87. The van der Waals surface area contributed by atoms with E-state index in [4.69, 9.17) is 0 Å². The molecule has 0 bridgehead atoms. The zero-order chi connectivity index (χ0) is 19.6. The van der Waals surface area contributed by atoms with E-state index in [0.717, 1.165) is 10.1 Å². The van der Waals surface area contributed by atoms with Crippen LogP contribution in [0.25, 0.3) is 22.1 Å². The third-order valence-corrected chi connectivity index (χ3v) is 5.22. The first-order chi connectivity index (χ1) is 13.5. The number of pyridine rings is 1. The van der Waals surface area contributed by atoms with E-state index in [-0.39, 0.29) is 28.8 Å². The molecule has 7 heteroatoms. The Morgan fingerprint density at radius 1 is 0.821 bits per heavy atom. The van der Waals surface area contributed by atoms with Gasteiger partial charge in [-0.3, -0.25) is 18.6 Å². The average molecular weight is 373 g/mol. The van der Waals surface area contributed by atoms with Crippen LogP contribution < -0.4 is 16.8 Å². The molecule has 0 aliphatic carbocycles. The van der Waals surface area contributed by atoms with Crippen LogP contribution in [0.5, 0.6) is 5.75 Å². The van der Waals surface area contributed by atoms with Crippen molar-refractivity contribution in [1.29, 1.82) is 0 Å². The Morgan fingerprint density at radius 3 is 2.11 bits per heavy atom. The van der Waals surface area contributed by atoms with Crippen LogP contribution in [0.15, 0.2) is 69.0 Å². The molecule has 5 rings (SSSR count). The summed E-state index contributed by atoms with van der Waals surface area (Å²) < 4.78 is 3.61. The Labute approximate surface area is 157 Å². The van der Waals surface area contributed by atoms with Crippen LogP contribution in [0.3, 0.4) is 0 Å². The molecule has 0 aliphatic heterocycles. The smallest absolute Gasteiger partial charge is 0.337 e. The summed E-state index contributed by atoms with van der Waals surface area (Å²) in [4.78, 5) is 38.9. The number of benzene rings is 2. The van der Waals surface area contributed by atoms with Crippen molar-refractivity contribution in [2.24, 2.45) is 7.05 Å². The van der Waals surface area contributed by atoms with Crippen molar-refractivity contribution in [2.45, 2.75) is 6.42 Å². The van der Waals surface area contributed by atoms with Crippen molar-refractivity contribution >= 4 is 22.1 Å². The molecular formula is C21H15N3O4. The number of hydrogen-bond donors (Lipinski definition) is 1. The van der Waals surface area contributed by atoms with Gasteiger partial charge >= 0.3 is 5.69 Å². The Bertz CT molecular complexity index is 1560. The van der Waals surface area contributed by atoms with Crippen LogP contribution in [-0.4, -0.2) is 18.5 Å². The second-order valence-electron chi connectivity index (χ2n) is 6.80. The van der Waals surface area contributed by atoms with E-state index in [1.807, 2.05) is 30.3 Å². The molecule has 0 atom stereocenters. The summed E-state index contributed by atoms with van der Waals surface area (Å²) in [6.45, 7) is 0. The van der Waals surface area contributed by atoms with Gasteiger partial charge in [0.25, 0.3) is 11.1 Å². The van der Waals surface area contributed by atoms with Crippen LogP contribution in [0.4, 0.5) is 0 Å². The summed E-state index contributed by atoms with van der Waals surface area (Å²) in [6, 6.07) is 16.2. The largest absolute Gasteiger partial charge is 0.506 e. The first-order valence-corrected chi connectivity index (χ1v) is 8.77. The van der Waals surface area contributed by atoms with Gasteiger partial charge in [0.1, 0.15) is 16.8 Å². The molecule has 7 nitrogen and oxygen atoms in total. The molecule has 3 heterocycles. The minimum atomic E-state index is -0.635. The number of rotatable bonds is 2. The average Bonchev–Trinajstić information content (AvgIpc) is 3.05. The molecule has 0 unspecified atom stereocenters. The zero-order valence-electron chi connectivity index (χ0n) is 14.9. The van der Waals surface area contributed by atoms with E-state index in [2.05, 4.69) is 0 Å². The number of aromatic nitrogens is 3. The van der Waals surface area contributed by atoms with Gasteiger partial charge in [0.2, 0.25) is 0 Å². The van der Waals surface area contributed by atoms with Gasteiger partial charge in [-0.1, -0.05) is 42.5 Å². The number of hydrogen-bond acceptors (Lipinski definition) is 4. The van der Waals surface area contributed by atoms with Crippen molar-refractivity contribution in [3.8, 4) is 5.75 Å². The first-order valence-electron chi connectivity index (χ1n) is 8.77. The van der Waals surface area contributed by atoms with E-state index < -0.39 is 16.8 Å². The molecule has 5 aromatic rings. The highest BCUT2D eigenvalue weighted by Crippen LogP contribution is 2.28. The quantitative estimate of drug-likeness (QED) is 0.508. The molecule has 0 saturated heterocycles. The lowest BCUT2D eigenvalue weighted by Gasteiger charge is -2.10. The van der Waals surface area contributed by atoms with E-state index >= 15 is 0 Å². The van der Waals surface area contributed by atoms with Crippen molar-refractivity contribution in [3.63, 3.8) is 0 Å². The summed E-state index contributed by atoms with van der Waals surface area (Å²) >= 11 is 0. The van der Waals surface area contributed by atoms with Crippen molar-refractivity contribution < 1.29 is 5.11 Å². The van der Waals surface area contributed by atoms with Gasteiger partial charge in [-0.05, 0) is 17.7 Å². The highest BCUT2D eigenvalue weighted by atomic mass is 16.3. The van der Waals surface area contributed by atoms with E-state index in [1.54, 1.807) is 24.3 Å².